The van der Waals surface area contributed by atoms with Crippen LogP contribution < -0.4 is 5.32 Å². The summed E-state index contributed by atoms with van der Waals surface area (Å²) >= 11 is 0. The minimum absolute atomic E-state index is 0.174. The Morgan fingerprint density at radius 1 is 1.25 bits per heavy atom. The van der Waals surface area contributed by atoms with Gasteiger partial charge in [-0.3, -0.25) is 0 Å². The second-order valence-corrected chi connectivity index (χ2v) is 3.77. The van der Waals surface area contributed by atoms with E-state index in [1.807, 2.05) is 18.2 Å². The number of ether oxygens (including phenoxy) is 2. The van der Waals surface area contributed by atoms with Gasteiger partial charge in [-0.2, -0.15) is 0 Å². The summed E-state index contributed by atoms with van der Waals surface area (Å²) in [7, 11) is 0. The van der Waals surface area contributed by atoms with E-state index >= 15 is 0 Å². The fourth-order valence-corrected chi connectivity index (χ4v) is 1.67. The first-order valence-electron chi connectivity index (χ1n) is 5.52. The maximum absolute atomic E-state index is 5.66. The van der Waals surface area contributed by atoms with Crippen LogP contribution in [0.3, 0.4) is 0 Å². The highest BCUT2D eigenvalue weighted by atomic mass is 16.7. The lowest BCUT2D eigenvalue weighted by Gasteiger charge is -2.15. The third-order valence-corrected chi connectivity index (χ3v) is 2.57. The Morgan fingerprint density at radius 2 is 1.88 bits per heavy atom. The van der Waals surface area contributed by atoms with Crippen molar-refractivity contribution in [1.82, 2.24) is 5.32 Å². The molecule has 3 nitrogen and oxygen atoms in total. The smallest absolute Gasteiger partial charge is 0.170 e. The highest BCUT2D eigenvalue weighted by molar-refractivity contribution is 5.26. The van der Waals surface area contributed by atoms with Gasteiger partial charge in [-0.25, -0.2) is 0 Å². The lowest BCUT2D eigenvalue weighted by Crippen LogP contribution is -2.30. The van der Waals surface area contributed by atoms with Gasteiger partial charge in [0.1, 0.15) is 0 Å². The fraction of sp³-hybridized carbons (Fsp3) is 0.385. The Hall–Kier alpha value is -1.16. The average molecular weight is 219 g/mol. The topological polar surface area (TPSA) is 30.5 Å². The SMILES string of the molecule is C=CCNCC1OCc2ccccc2CO1. The first kappa shape index (κ1) is 11.3. The maximum Gasteiger partial charge on any atom is 0.170 e. The molecule has 0 aromatic heterocycles. The van der Waals surface area contributed by atoms with Crippen molar-refractivity contribution in [3.63, 3.8) is 0 Å². The molecule has 0 fully saturated rings. The number of hydrogen-bond donors (Lipinski definition) is 1. The number of rotatable bonds is 4. The van der Waals surface area contributed by atoms with Crippen LogP contribution in [0.1, 0.15) is 11.1 Å². The fourth-order valence-electron chi connectivity index (χ4n) is 1.67. The van der Waals surface area contributed by atoms with Crippen molar-refractivity contribution in [3.8, 4) is 0 Å². The van der Waals surface area contributed by atoms with Crippen molar-refractivity contribution < 1.29 is 9.47 Å². The number of benzene rings is 1. The minimum Gasteiger partial charge on any atom is -0.347 e. The van der Waals surface area contributed by atoms with Crippen molar-refractivity contribution in [2.45, 2.75) is 19.5 Å². The van der Waals surface area contributed by atoms with E-state index in [-0.39, 0.29) is 6.29 Å². The molecule has 0 aliphatic carbocycles. The number of hydrogen-bond acceptors (Lipinski definition) is 3. The second-order valence-electron chi connectivity index (χ2n) is 3.77. The molecule has 86 valence electrons. The molecule has 0 amide bonds. The van der Waals surface area contributed by atoms with Gasteiger partial charge in [0.15, 0.2) is 6.29 Å². The lowest BCUT2D eigenvalue weighted by molar-refractivity contribution is -0.145. The summed E-state index contributed by atoms with van der Waals surface area (Å²) < 4.78 is 11.3. The van der Waals surface area contributed by atoms with Gasteiger partial charge in [-0.15, -0.1) is 6.58 Å². The van der Waals surface area contributed by atoms with Crippen LogP contribution in [0.2, 0.25) is 0 Å². The lowest BCUT2D eigenvalue weighted by atomic mass is 10.1. The van der Waals surface area contributed by atoms with Crippen LogP contribution in [-0.2, 0) is 22.7 Å². The van der Waals surface area contributed by atoms with Crippen molar-refractivity contribution in [1.29, 1.82) is 0 Å². The second kappa shape index (κ2) is 5.80. The standard InChI is InChI=1S/C13H17NO2/c1-2-7-14-8-13-15-9-11-5-3-4-6-12(11)10-16-13/h2-6,13-14H,1,7-10H2. The molecule has 1 aromatic carbocycles. The Morgan fingerprint density at radius 3 is 2.44 bits per heavy atom. The molecule has 0 radical (unpaired) electrons. The van der Waals surface area contributed by atoms with E-state index in [0.29, 0.717) is 19.8 Å². The van der Waals surface area contributed by atoms with Gasteiger partial charge in [0.2, 0.25) is 0 Å². The Bertz CT molecular complexity index is 325. The molecule has 1 aromatic rings. The van der Waals surface area contributed by atoms with Gasteiger partial charge < -0.3 is 14.8 Å². The predicted molar refractivity (Wildman–Crippen MR) is 62.9 cm³/mol. The summed E-state index contributed by atoms with van der Waals surface area (Å²) in [5.74, 6) is 0. The summed E-state index contributed by atoms with van der Waals surface area (Å²) in [6.07, 6.45) is 1.65. The van der Waals surface area contributed by atoms with Crippen molar-refractivity contribution in [2.24, 2.45) is 0 Å². The van der Waals surface area contributed by atoms with Crippen LogP contribution in [0.4, 0.5) is 0 Å². The van der Waals surface area contributed by atoms with Gasteiger partial charge in [0.05, 0.1) is 13.2 Å². The quantitative estimate of drug-likeness (QED) is 0.619. The Kier molecular flexibility index (Phi) is 4.10. The van der Waals surface area contributed by atoms with E-state index in [1.165, 1.54) is 11.1 Å². The van der Waals surface area contributed by atoms with Crippen LogP contribution in [0.25, 0.3) is 0 Å². The van der Waals surface area contributed by atoms with Gasteiger partial charge in [-0.1, -0.05) is 30.3 Å². The average Bonchev–Trinajstić information content (AvgIpc) is 2.53. The largest absolute Gasteiger partial charge is 0.347 e. The van der Waals surface area contributed by atoms with Crippen molar-refractivity contribution in [3.05, 3.63) is 48.0 Å². The molecule has 1 aliphatic heterocycles. The normalized spacial score (nSPS) is 16.5. The number of nitrogens with one attached hydrogen (secondary N) is 1. The molecule has 0 bridgehead atoms. The van der Waals surface area contributed by atoms with Gasteiger partial charge in [0, 0.05) is 13.1 Å². The summed E-state index contributed by atoms with van der Waals surface area (Å²) in [6, 6.07) is 8.22. The summed E-state index contributed by atoms with van der Waals surface area (Å²) in [4.78, 5) is 0. The maximum atomic E-state index is 5.66. The molecule has 1 N–H and O–H groups in total. The van der Waals surface area contributed by atoms with Gasteiger partial charge >= 0.3 is 0 Å². The van der Waals surface area contributed by atoms with Crippen LogP contribution in [-0.4, -0.2) is 19.4 Å². The van der Waals surface area contributed by atoms with Gasteiger partial charge in [0.25, 0.3) is 0 Å². The van der Waals surface area contributed by atoms with E-state index in [4.69, 9.17) is 9.47 Å². The molecule has 0 spiro atoms. The molecule has 0 atom stereocenters. The van der Waals surface area contributed by atoms with E-state index in [1.54, 1.807) is 0 Å². The Labute approximate surface area is 96.1 Å². The highest BCUT2D eigenvalue weighted by Crippen LogP contribution is 2.17. The molecule has 0 saturated carbocycles. The van der Waals surface area contributed by atoms with Crippen LogP contribution >= 0.6 is 0 Å². The molecule has 2 rings (SSSR count). The molecule has 1 heterocycles. The zero-order valence-electron chi connectivity index (χ0n) is 9.32. The monoisotopic (exact) mass is 219 g/mol. The van der Waals surface area contributed by atoms with Crippen LogP contribution in [0.15, 0.2) is 36.9 Å². The van der Waals surface area contributed by atoms with E-state index in [2.05, 4.69) is 24.0 Å². The summed E-state index contributed by atoms with van der Waals surface area (Å²) in [5, 5.41) is 3.19. The first-order chi connectivity index (χ1) is 7.90. The predicted octanol–water partition coefficient (Wildman–Crippen LogP) is 1.84. The molecule has 16 heavy (non-hydrogen) atoms. The Balaban J connectivity index is 1.89. The zero-order valence-corrected chi connectivity index (χ0v) is 9.32. The third kappa shape index (κ3) is 2.92. The highest BCUT2D eigenvalue weighted by Gasteiger charge is 2.15. The summed E-state index contributed by atoms with van der Waals surface area (Å²) in [6.45, 7) is 6.36. The van der Waals surface area contributed by atoms with Gasteiger partial charge in [-0.05, 0) is 11.1 Å². The van der Waals surface area contributed by atoms with Crippen LogP contribution in [0.5, 0.6) is 0 Å². The third-order valence-electron chi connectivity index (χ3n) is 2.57. The molecule has 0 saturated heterocycles. The molecule has 1 aliphatic rings. The first-order valence-corrected chi connectivity index (χ1v) is 5.52. The molecular formula is C13H17NO2. The van der Waals surface area contributed by atoms with E-state index in [9.17, 15) is 0 Å². The molecule has 0 unspecified atom stereocenters. The minimum atomic E-state index is -0.174. The van der Waals surface area contributed by atoms with E-state index < -0.39 is 0 Å². The summed E-state index contributed by atoms with van der Waals surface area (Å²) in [5.41, 5.74) is 2.43. The van der Waals surface area contributed by atoms with Crippen molar-refractivity contribution in [2.75, 3.05) is 13.1 Å². The van der Waals surface area contributed by atoms with Crippen molar-refractivity contribution >= 4 is 0 Å². The number of fused-ring (bicyclic) bond motifs is 1. The zero-order chi connectivity index (χ0) is 11.2. The van der Waals surface area contributed by atoms with Crippen LogP contribution in [0, 0.1) is 0 Å². The molecular weight excluding hydrogens is 202 g/mol. The molecule has 3 heteroatoms. The van der Waals surface area contributed by atoms with E-state index in [0.717, 1.165) is 6.54 Å².